The highest BCUT2D eigenvalue weighted by Crippen LogP contribution is 1.26. The Labute approximate surface area is 45.0 Å². The van der Waals surface area contributed by atoms with Crippen molar-refractivity contribution in [2.24, 2.45) is 0 Å². The van der Waals surface area contributed by atoms with Gasteiger partial charge in [-0.1, -0.05) is 0 Å². The summed E-state index contributed by atoms with van der Waals surface area (Å²) in [6.45, 7) is 0. The molecule has 0 aliphatic carbocycles. The van der Waals surface area contributed by atoms with Gasteiger partial charge in [-0.15, -0.1) is 24.8 Å². The van der Waals surface area contributed by atoms with Crippen LogP contribution in [-0.4, -0.2) is 0 Å². The molecule has 0 aromatic rings. The Balaban J connectivity index is -0.00000000500. The Hall–Kier alpha value is 1.10. The lowest BCUT2D eigenvalue weighted by Crippen LogP contribution is -0.399. The van der Waals surface area contributed by atoms with E-state index in [-0.39, 0.29) is 24.8 Å². The normalized spacial score (nSPS) is 1.00. The maximum atomic E-state index is 4.00. The number of halogens is 2. The molecule has 4 heteroatoms. The Kier molecular flexibility index (Phi) is 158. The molecule has 1 unspecified atom stereocenters. The third kappa shape index (κ3) is 11.3. The smallest absolute Gasteiger partial charge is 0.147 e. The lowest BCUT2D eigenvalue weighted by Gasteiger charge is -0.558. The molecule has 0 saturated carbocycles. The third-order valence-electron chi connectivity index (χ3n) is 0. The first-order valence-electron chi connectivity index (χ1n) is 0.236. The van der Waals surface area contributed by atoms with Crippen LogP contribution in [0.4, 0.5) is 0 Å². The topological polar surface area (TPSA) is 0 Å². The summed E-state index contributed by atoms with van der Waals surface area (Å²) < 4.78 is 0. The van der Waals surface area contributed by atoms with Gasteiger partial charge in [0.05, 0.1) is 0 Å². The molecule has 0 nitrogen and oxygen atoms in total. The first-order valence-corrected chi connectivity index (χ1v) is 2.12. The van der Waals surface area contributed by atoms with Crippen LogP contribution in [-0.2, 0) is 11.8 Å². The van der Waals surface area contributed by atoms with Crippen molar-refractivity contribution >= 4 is 44.6 Å². The van der Waals surface area contributed by atoms with Crippen LogP contribution in [0, 0.1) is 0 Å². The second-order valence-corrected chi connectivity index (χ2v) is 0. The van der Waals surface area contributed by atoms with Gasteiger partial charge >= 0.3 is 0 Å². The number of rotatable bonds is 0. The Morgan fingerprint density at radius 3 is 1.00 bits per heavy atom. The first kappa shape index (κ1) is 19.4. The van der Waals surface area contributed by atoms with E-state index < -0.39 is 0 Å². The van der Waals surface area contributed by atoms with Crippen LogP contribution in [0.3, 0.4) is 0 Å². The summed E-state index contributed by atoms with van der Waals surface area (Å²) in [6, 6.07) is 0. The van der Waals surface area contributed by atoms with E-state index in [9.17, 15) is 0 Å². The lowest BCUT2D eigenvalue weighted by molar-refractivity contribution is 5.85. The van der Waals surface area contributed by atoms with E-state index in [1.54, 1.807) is 0 Å². The van der Waals surface area contributed by atoms with E-state index >= 15 is 0 Å². The summed E-state index contributed by atoms with van der Waals surface area (Å²) in [5, 5.41) is 0. The predicted molar refractivity (Wildman–Crippen MR) is 31.6 cm³/mol. The van der Waals surface area contributed by atoms with Crippen LogP contribution in [0.1, 0.15) is 0 Å². The van der Waals surface area contributed by atoms with Crippen molar-refractivity contribution in [3.05, 3.63) is 0 Å². The zero-order chi connectivity index (χ0) is 2.00. The van der Waals surface area contributed by atoms with Crippen LogP contribution in [0.15, 0.2) is 0 Å². The summed E-state index contributed by atoms with van der Waals surface area (Å²) in [5.74, 6) is 0. The largest absolute Gasteiger partial charge is 0.153 e. The third-order valence-corrected chi connectivity index (χ3v) is 0. The van der Waals surface area contributed by atoms with Gasteiger partial charge < -0.3 is 0 Å². The quantitative estimate of drug-likeness (QED) is 0.452. The van der Waals surface area contributed by atoms with Gasteiger partial charge in [0, 0.05) is 0 Å². The molecule has 0 spiro atoms. The molecule has 0 saturated heterocycles. The molecule has 28 valence electrons. The zero-order valence-electron chi connectivity index (χ0n) is 1.80. The predicted octanol–water partition coefficient (Wildman–Crippen LogP) is 1.17. The van der Waals surface area contributed by atoms with Gasteiger partial charge in [0.25, 0.3) is 0 Å². The van der Waals surface area contributed by atoms with Crippen molar-refractivity contribution in [2.75, 3.05) is 0 Å². The molecule has 1 atom stereocenters. The standard InChI is InChI=1S/2ClH.HPS/c;;1-2/h2*1H;1H/p+1. The van der Waals surface area contributed by atoms with Crippen LogP contribution in [0.25, 0.3) is 0 Å². The van der Waals surface area contributed by atoms with Gasteiger partial charge in [-0.05, 0) is 0 Å². The lowest BCUT2D eigenvalue weighted by atomic mass is 30.6. The minimum absolute atomic E-state index is 0. The molecule has 0 aliphatic rings. The molecule has 0 aromatic heterocycles. The molecule has 0 heterocycles. The average Bonchev–Trinajstić information content (AvgIpc) is 1.00. The highest BCUT2D eigenvalue weighted by molar-refractivity contribution is 7.88. The molecule has 0 rings (SSSR count). The maximum absolute atomic E-state index is 4.00. The molecule has 0 aliphatic heterocycles. The van der Waals surface area contributed by atoms with Crippen LogP contribution in [0.2, 0.25) is 0 Å². The van der Waals surface area contributed by atoms with E-state index in [2.05, 4.69) is 11.8 Å². The molecule has 0 radical (unpaired) electrons. The van der Waals surface area contributed by atoms with Crippen molar-refractivity contribution in [2.45, 2.75) is 0 Å². The molecular weight excluding hydrogens is 134 g/mol. The van der Waals surface area contributed by atoms with Crippen LogP contribution >= 0.6 is 32.8 Å². The van der Waals surface area contributed by atoms with E-state index in [0.29, 0.717) is 0 Å². The molecule has 4 heavy (non-hydrogen) atoms. The average molecular weight is 138 g/mol. The Morgan fingerprint density at radius 2 is 1.00 bits per heavy atom. The van der Waals surface area contributed by atoms with Crippen molar-refractivity contribution in [1.82, 2.24) is 0 Å². The Bertz CT molecular complexity index is 6.00. The molecule has 0 aromatic carbocycles. The van der Waals surface area contributed by atoms with E-state index in [0.717, 1.165) is 0 Å². The second-order valence-electron chi connectivity index (χ2n) is 0. The van der Waals surface area contributed by atoms with Crippen molar-refractivity contribution in [3.63, 3.8) is 0 Å². The van der Waals surface area contributed by atoms with Gasteiger partial charge in [0.1, 0.15) is 8.02 Å². The minimum atomic E-state index is 0. The maximum Gasteiger partial charge on any atom is 0.153 e. The van der Waals surface area contributed by atoms with Crippen LogP contribution in [0.5, 0.6) is 0 Å². The SMILES string of the molecule is Cl.Cl.[PH2+]=S. The van der Waals surface area contributed by atoms with E-state index in [1.165, 1.54) is 0 Å². The van der Waals surface area contributed by atoms with Crippen LogP contribution < -0.4 is 0 Å². The molecule has 0 fully saturated rings. The van der Waals surface area contributed by atoms with Gasteiger partial charge in [-0.3, -0.25) is 0 Å². The first-order chi connectivity index (χ1) is 1.00. The van der Waals surface area contributed by atoms with Gasteiger partial charge in [-0.2, -0.15) is 0 Å². The molecule has 0 bridgehead atoms. The molecule has 0 amide bonds. The number of hydrogen-bond acceptors (Lipinski definition) is 1. The molecule has 0 N–H and O–H groups in total. The molecular formula is H4Cl2PS+. The fourth-order valence-electron chi connectivity index (χ4n) is 0. The summed E-state index contributed by atoms with van der Waals surface area (Å²) >= 11 is 4.00. The van der Waals surface area contributed by atoms with Gasteiger partial charge in [-0.25, -0.2) is 0 Å². The van der Waals surface area contributed by atoms with Crippen molar-refractivity contribution in [1.29, 1.82) is 0 Å². The van der Waals surface area contributed by atoms with Gasteiger partial charge in [0.15, 0.2) is 11.8 Å². The Morgan fingerprint density at radius 1 is 1.00 bits per heavy atom. The fourth-order valence-corrected chi connectivity index (χ4v) is 0. The van der Waals surface area contributed by atoms with Crippen molar-refractivity contribution in [3.8, 4) is 0 Å². The van der Waals surface area contributed by atoms with E-state index in [4.69, 9.17) is 0 Å². The summed E-state index contributed by atoms with van der Waals surface area (Å²) in [4.78, 5) is 0. The fraction of sp³-hybridized carbons (Fsp3) is 0. The number of hydrogen-bond donors (Lipinski definition) is 0. The summed E-state index contributed by atoms with van der Waals surface area (Å²) in [7, 11) is 2.00. The highest BCUT2D eigenvalue weighted by atomic mass is 35.5. The highest BCUT2D eigenvalue weighted by Gasteiger charge is 0.856. The monoisotopic (exact) mass is 137 g/mol. The van der Waals surface area contributed by atoms with E-state index in [1.807, 2.05) is 8.02 Å². The summed E-state index contributed by atoms with van der Waals surface area (Å²) in [6.07, 6.45) is 0. The minimum Gasteiger partial charge on any atom is -0.147 e. The summed E-state index contributed by atoms with van der Waals surface area (Å²) in [5.41, 5.74) is 0. The van der Waals surface area contributed by atoms with Gasteiger partial charge in [0.2, 0.25) is 0 Å². The second kappa shape index (κ2) is 32.6. The zero-order valence-corrected chi connectivity index (χ0v) is 5.41. The van der Waals surface area contributed by atoms with Crippen molar-refractivity contribution < 1.29 is 0 Å².